The van der Waals surface area contributed by atoms with Gasteiger partial charge in [0.25, 0.3) is 0 Å². The maximum absolute atomic E-state index is 13.6. The lowest BCUT2D eigenvalue weighted by molar-refractivity contribution is 0.318. The first kappa shape index (κ1) is 14.5. The summed E-state index contributed by atoms with van der Waals surface area (Å²) in [6, 6.07) is 4.64. The average molecular weight is 316 g/mol. The van der Waals surface area contributed by atoms with Crippen LogP contribution in [0.25, 0.3) is 0 Å². The molecule has 1 heterocycles. The van der Waals surface area contributed by atoms with Crippen LogP contribution in [-0.4, -0.2) is 16.0 Å². The molecular weight excluding hydrogens is 308 g/mol. The summed E-state index contributed by atoms with van der Waals surface area (Å²) < 4.78 is 26.4. The highest BCUT2D eigenvalue weighted by Crippen LogP contribution is 2.34. The van der Waals surface area contributed by atoms with E-state index in [2.05, 4.69) is 10.1 Å². The fourth-order valence-electron chi connectivity index (χ4n) is 1.41. The molecule has 8 heteroatoms. The number of hydrogen-bond acceptors (Lipinski definition) is 4. The van der Waals surface area contributed by atoms with Crippen LogP contribution in [0.15, 0.2) is 45.5 Å². The van der Waals surface area contributed by atoms with Crippen LogP contribution >= 0.6 is 23.4 Å². The summed E-state index contributed by atoms with van der Waals surface area (Å²) >= 11 is 6.98. The molecule has 0 spiro atoms. The van der Waals surface area contributed by atoms with E-state index in [1.165, 1.54) is 18.3 Å². The number of amidine groups is 1. The van der Waals surface area contributed by atoms with E-state index in [0.717, 1.165) is 23.9 Å². The summed E-state index contributed by atoms with van der Waals surface area (Å²) in [6.07, 6.45) is 1.39. The van der Waals surface area contributed by atoms with Crippen LogP contribution in [0, 0.1) is 11.6 Å². The molecule has 1 aromatic carbocycles. The minimum absolute atomic E-state index is 0.122. The van der Waals surface area contributed by atoms with Crippen molar-refractivity contribution in [2.45, 2.75) is 9.92 Å². The van der Waals surface area contributed by atoms with Gasteiger partial charge in [-0.2, -0.15) is 0 Å². The number of nitrogens with two attached hydrogens (primary N) is 1. The first-order valence-electron chi connectivity index (χ1n) is 5.28. The number of benzene rings is 1. The standard InChI is InChI=1S/C12H8ClF2N3OS/c13-10-7(11(16)18-19)3-4-17-12(10)20-9-2-1-6(14)5-8(9)15/h1-5,19H,(H2,16,18). The van der Waals surface area contributed by atoms with Gasteiger partial charge < -0.3 is 10.9 Å². The third-order valence-electron chi connectivity index (χ3n) is 2.34. The van der Waals surface area contributed by atoms with Crippen molar-refractivity contribution < 1.29 is 14.0 Å². The molecule has 0 aliphatic heterocycles. The van der Waals surface area contributed by atoms with Gasteiger partial charge in [0.1, 0.15) is 16.7 Å². The van der Waals surface area contributed by atoms with Crippen LogP contribution in [0.4, 0.5) is 8.78 Å². The molecular formula is C12H8ClF2N3OS. The molecule has 20 heavy (non-hydrogen) atoms. The van der Waals surface area contributed by atoms with E-state index in [-0.39, 0.29) is 26.3 Å². The molecule has 4 nitrogen and oxygen atoms in total. The highest BCUT2D eigenvalue weighted by atomic mass is 35.5. The van der Waals surface area contributed by atoms with Gasteiger partial charge in [-0.3, -0.25) is 0 Å². The largest absolute Gasteiger partial charge is 0.409 e. The van der Waals surface area contributed by atoms with Crippen molar-refractivity contribution in [2.75, 3.05) is 0 Å². The van der Waals surface area contributed by atoms with E-state index >= 15 is 0 Å². The Hall–Kier alpha value is -1.86. The Balaban J connectivity index is 2.39. The Morgan fingerprint density at radius 1 is 1.35 bits per heavy atom. The molecule has 3 N–H and O–H groups in total. The maximum atomic E-state index is 13.6. The predicted octanol–water partition coefficient (Wildman–Crippen LogP) is 3.26. The van der Waals surface area contributed by atoms with Crippen LogP contribution in [0.3, 0.4) is 0 Å². The van der Waals surface area contributed by atoms with Gasteiger partial charge in [-0.15, -0.1) is 0 Å². The van der Waals surface area contributed by atoms with Crippen molar-refractivity contribution in [3.63, 3.8) is 0 Å². The molecule has 2 rings (SSSR count). The minimum Gasteiger partial charge on any atom is -0.409 e. The first-order valence-corrected chi connectivity index (χ1v) is 6.47. The molecule has 0 radical (unpaired) electrons. The van der Waals surface area contributed by atoms with Crippen molar-refractivity contribution in [2.24, 2.45) is 10.9 Å². The molecule has 0 unspecified atom stereocenters. The Morgan fingerprint density at radius 2 is 2.10 bits per heavy atom. The normalized spacial score (nSPS) is 11.7. The molecule has 0 saturated carbocycles. The SMILES string of the molecule is N/C(=N/O)c1ccnc(Sc2ccc(F)cc2F)c1Cl. The van der Waals surface area contributed by atoms with E-state index in [1.54, 1.807) is 0 Å². The quantitative estimate of drug-likeness (QED) is 0.395. The fraction of sp³-hybridized carbons (Fsp3) is 0. The topological polar surface area (TPSA) is 71.5 Å². The lowest BCUT2D eigenvalue weighted by Crippen LogP contribution is -2.14. The monoisotopic (exact) mass is 315 g/mol. The summed E-state index contributed by atoms with van der Waals surface area (Å²) in [5, 5.41) is 11.9. The molecule has 0 atom stereocenters. The van der Waals surface area contributed by atoms with Crippen molar-refractivity contribution in [1.82, 2.24) is 4.98 Å². The zero-order valence-corrected chi connectivity index (χ0v) is 11.4. The number of aromatic nitrogens is 1. The van der Waals surface area contributed by atoms with Crippen LogP contribution in [0.2, 0.25) is 5.02 Å². The van der Waals surface area contributed by atoms with Crippen LogP contribution in [0.5, 0.6) is 0 Å². The number of nitrogens with zero attached hydrogens (tertiary/aromatic N) is 2. The Labute approximate surface area is 122 Å². The van der Waals surface area contributed by atoms with E-state index in [4.69, 9.17) is 22.5 Å². The number of rotatable bonds is 3. The van der Waals surface area contributed by atoms with Gasteiger partial charge in [0, 0.05) is 22.7 Å². The number of oxime groups is 1. The van der Waals surface area contributed by atoms with Gasteiger partial charge in [-0.1, -0.05) is 28.5 Å². The van der Waals surface area contributed by atoms with Gasteiger partial charge in [-0.05, 0) is 18.2 Å². The van der Waals surface area contributed by atoms with Crippen LogP contribution in [0.1, 0.15) is 5.56 Å². The minimum atomic E-state index is -0.720. The van der Waals surface area contributed by atoms with Gasteiger partial charge in [0.2, 0.25) is 0 Å². The fourth-order valence-corrected chi connectivity index (χ4v) is 2.55. The summed E-state index contributed by atoms with van der Waals surface area (Å²) in [7, 11) is 0. The predicted molar refractivity (Wildman–Crippen MR) is 72.2 cm³/mol. The molecule has 104 valence electrons. The molecule has 0 saturated heterocycles. The summed E-state index contributed by atoms with van der Waals surface area (Å²) in [5.41, 5.74) is 5.73. The average Bonchev–Trinajstić information content (AvgIpc) is 2.43. The second kappa shape index (κ2) is 6.06. The van der Waals surface area contributed by atoms with Gasteiger partial charge in [0.15, 0.2) is 5.84 Å². The number of pyridine rings is 1. The van der Waals surface area contributed by atoms with E-state index in [0.29, 0.717) is 0 Å². The highest BCUT2D eigenvalue weighted by Gasteiger charge is 2.14. The molecule has 0 amide bonds. The van der Waals surface area contributed by atoms with Gasteiger partial charge >= 0.3 is 0 Å². The summed E-state index contributed by atoms with van der Waals surface area (Å²) in [4.78, 5) is 4.16. The smallest absolute Gasteiger partial charge is 0.171 e. The van der Waals surface area contributed by atoms with E-state index in [9.17, 15) is 8.78 Å². The molecule has 0 aliphatic carbocycles. The Kier molecular flexibility index (Phi) is 4.41. The van der Waals surface area contributed by atoms with Crippen molar-refractivity contribution in [3.05, 3.63) is 52.7 Å². The summed E-state index contributed by atoms with van der Waals surface area (Å²) in [5.74, 6) is -1.57. The van der Waals surface area contributed by atoms with Crippen LogP contribution < -0.4 is 5.73 Å². The van der Waals surface area contributed by atoms with E-state index < -0.39 is 11.6 Å². The zero-order valence-electron chi connectivity index (χ0n) is 9.85. The Bertz CT molecular complexity index is 682. The van der Waals surface area contributed by atoms with Crippen molar-refractivity contribution >= 4 is 29.2 Å². The van der Waals surface area contributed by atoms with Crippen LogP contribution in [-0.2, 0) is 0 Å². The second-order valence-electron chi connectivity index (χ2n) is 3.64. The van der Waals surface area contributed by atoms with Gasteiger partial charge in [-0.25, -0.2) is 13.8 Å². The lowest BCUT2D eigenvalue weighted by Gasteiger charge is -2.07. The van der Waals surface area contributed by atoms with Crippen molar-refractivity contribution in [1.29, 1.82) is 0 Å². The second-order valence-corrected chi connectivity index (χ2v) is 5.05. The molecule has 2 aromatic rings. The van der Waals surface area contributed by atoms with Gasteiger partial charge in [0.05, 0.1) is 5.02 Å². The highest BCUT2D eigenvalue weighted by molar-refractivity contribution is 7.99. The summed E-state index contributed by atoms with van der Waals surface area (Å²) in [6.45, 7) is 0. The molecule has 0 aliphatic rings. The molecule has 1 aromatic heterocycles. The van der Waals surface area contributed by atoms with Crippen molar-refractivity contribution in [3.8, 4) is 0 Å². The van der Waals surface area contributed by atoms with E-state index in [1.807, 2.05) is 0 Å². The first-order chi connectivity index (χ1) is 9.52. The lowest BCUT2D eigenvalue weighted by atomic mass is 10.2. The third-order valence-corrected chi connectivity index (χ3v) is 3.89. The number of hydrogen-bond donors (Lipinski definition) is 2. The molecule has 0 fully saturated rings. The maximum Gasteiger partial charge on any atom is 0.171 e. The number of halogens is 3. The third kappa shape index (κ3) is 3.00. The zero-order chi connectivity index (χ0) is 14.7. The Morgan fingerprint density at radius 3 is 2.75 bits per heavy atom. The molecule has 0 bridgehead atoms.